The zero-order valence-corrected chi connectivity index (χ0v) is 18.5. The van der Waals surface area contributed by atoms with Gasteiger partial charge in [0.2, 0.25) is 0 Å². The summed E-state index contributed by atoms with van der Waals surface area (Å²) in [6.45, 7) is 4.24. The summed E-state index contributed by atoms with van der Waals surface area (Å²) in [4.78, 5) is 15.9. The number of para-hydroxylation sites is 2. The van der Waals surface area contributed by atoms with Gasteiger partial charge in [0.05, 0.1) is 29.3 Å². The highest BCUT2D eigenvalue weighted by Gasteiger charge is 2.30. The Morgan fingerprint density at radius 3 is 2.86 bits per heavy atom. The lowest BCUT2D eigenvalue weighted by atomic mass is 9.89. The van der Waals surface area contributed by atoms with Gasteiger partial charge in [-0.05, 0) is 74.9 Å². The van der Waals surface area contributed by atoms with Gasteiger partial charge in [-0.25, -0.2) is 4.98 Å². The molecule has 0 radical (unpaired) electrons. The van der Waals surface area contributed by atoms with Crippen molar-refractivity contribution in [2.75, 3.05) is 19.6 Å². The molecular weight excluding hydrogens is 426 g/mol. The fourth-order valence-corrected chi connectivity index (χ4v) is 4.93. The van der Waals surface area contributed by atoms with Crippen LogP contribution in [-0.4, -0.2) is 39.5 Å². The lowest BCUT2D eigenvalue weighted by molar-refractivity contribution is 0.126. The molecule has 0 saturated carbocycles. The summed E-state index contributed by atoms with van der Waals surface area (Å²) in [7, 11) is 0. The van der Waals surface area contributed by atoms with E-state index in [0.717, 1.165) is 49.5 Å². The van der Waals surface area contributed by atoms with Crippen LogP contribution in [0.4, 0.5) is 0 Å². The highest BCUT2D eigenvalue weighted by atomic mass is 79.9. The van der Waals surface area contributed by atoms with Gasteiger partial charge >= 0.3 is 0 Å². The quantitative estimate of drug-likeness (QED) is 0.597. The summed E-state index contributed by atoms with van der Waals surface area (Å²) in [5.41, 5.74) is 4.89. The molecule has 1 saturated heterocycles. The van der Waals surface area contributed by atoms with E-state index in [0.29, 0.717) is 12.0 Å². The molecule has 2 N–H and O–H groups in total. The molecule has 0 spiro atoms. The van der Waals surface area contributed by atoms with Crippen LogP contribution in [0.2, 0.25) is 0 Å². The molecule has 2 aromatic heterocycles. The molecule has 3 heterocycles. The molecule has 5 nitrogen and oxygen atoms in total. The topological polar surface area (TPSA) is 56.8 Å². The lowest BCUT2D eigenvalue weighted by Crippen LogP contribution is -2.40. The van der Waals surface area contributed by atoms with Crippen LogP contribution in [0.3, 0.4) is 0 Å². The van der Waals surface area contributed by atoms with Gasteiger partial charge in [0, 0.05) is 12.7 Å². The molecule has 1 aliphatic carbocycles. The minimum Gasteiger partial charge on any atom is -0.341 e. The highest BCUT2D eigenvalue weighted by molar-refractivity contribution is 8.93. The van der Waals surface area contributed by atoms with Crippen LogP contribution in [0.25, 0.3) is 11.0 Å². The fraction of sp³-hybridized carbons (Fsp3) is 0.478. The van der Waals surface area contributed by atoms with Crippen molar-refractivity contribution in [1.29, 1.82) is 0 Å². The van der Waals surface area contributed by atoms with Crippen LogP contribution in [0.1, 0.15) is 48.8 Å². The monoisotopic (exact) mass is 455 g/mol. The number of rotatable bonds is 5. The third-order valence-electron chi connectivity index (χ3n) is 6.29. The SMILES string of the molecule is Br.c1cnc2c(c1)CCCC2N(Cc1nc2ccccc2[nH]1)CC1CCCNC1. The molecule has 1 aliphatic heterocycles. The van der Waals surface area contributed by atoms with E-state index >= 15 is 0 Å². The third-order valence-corrected chi connectivity index (χ3v) is 6.29. The maximum Gasteiger partial charge on any atom is 0.121 e. The lowest BCUT2D eigenvalue weighted by Gasteiger charge is -2.37. The van der Waals surface area contributed by atoms with Crippen molar-refractivity contribution in [2.45, 2.75) is 44.7 Å². The average molecular weight is 456 g/mol. The number of H-pyrrole nitrogens is 1. The first-order valence-corrected chi connectivity index (χ1v) is 10.7. The summed E-state index contributed by atoms with van der Waals surface area (Å²) in [6, 6.07) is 13.0. The molecule has 1 fully saturated rings. The maximum absolute atomic E-state index is 4.86. The van der Waals surface area contributed by atoms with Crippen LogP contribution in [0.15, 0.2) is 42.6 Å². The average Bonchev–Trinajstić information content (AvgIpc) is 3.16. The molecule has 5 rings (SSSR count). The molecule has 2 unspecified atom stereocenters. The number of aryl methyl sites for hydroxylation is 1. The first kappa shape index (κ1) is 20.5. The van der Waals surface area contributed by atoms with Crippen LogP contribution in [0, 0.1) is 5.92 Å². The zero-order chi connectivity index (χ0) is 18.8. The van der Waals surface area contributed by atoms with E-state index in [1.807, 2.05) is 6.20 Å². The molecule has 3 aromatic rings. The number of piperidine rings is 1. The van der Waals surface area contributed by atoms with Gasteiger partial charge in [-0.2, -0.15) is 0 Å². The summed E-state index contributed by atoms with van der Waals surface area (Å²) < 4.78 is 0. The second-order valence-electron chi connectivity index (χ2n) is 8.30. The number of imidazole rings is 1. The molecule has 29 heavy (non-hydrogen) atoms. The Balaban J connectivity index is 0.00000205. The molecule has 0 bridgehead atoms. The minimum atomic E-state index is 0. The molecule has 154 valence electrons. The van der Waals surface area contributed by atoms with Crippen molar-refractivity contribution >= 4 is 28.0 Å². The minimum absolute atomic E-state index is 0. The summed E-state index contributed by atoms with van der Waals surface area (Å²) in [5, 5.41) is 3.58. The van der Waals surface area contributed by atoms with Crippen molar-refractivity contribution in [3.63, 3.8) is 0 Å². The highest BCUT2D eigenvalue weighted by Crippen LogP contribution is 2.34. The maximum atomic E-state index is 4.86. The van der Waals surface area contributed by atoms with Crippen LogP contribution in [0.5, 0.6) is 0 Å². The predicted molar refractivity (Wildman–Crippen MR) is 122 cm³/mol. The second kappa shape index (κ2) is 9.37. The Bertz CT molecular complexity index is 901. The largest absolute Gasteiger partial charge is 0.341 e. The number of fused-ring (bicyclic) bond motifs is 2. The Kier molecular flexibility index (Phi) is 6.63. The first-order valence-electron chi connectivity index (χ1n) is 10.7. The number of hydrogen-bond acceptors (Lipinski definition) is 4. The number of aromatic amines is 1. The van der Waals surface area contributed by atoms with Gasteiger partial charge in [0.1, 0.15) is 5.82 Å². The van der Waals surface area contributed by atoms with Gasteiger partial charge in [-0.15, -0.1) is 17.0 Å². The summed E-state index contributed by atoms with van der Waals surface area (Å²) >= 11 is 0. The van der Waals surface area contributed by atoms with Crippen molar-refractivity contribution in [3.05, 3.63) is 59.7 Å². The number of pyridine rings is 1. The molecular formula is C23H30BrN5. The van der Waals surface area contributed by atoms with Gasteiger partial charge in [0.15, 0.2) is 0 Å². The van der Waals surface area contributed by atoms with Crippen molar-refractivity contribution in [3.8, 4) is 0 Å². The summed E-state index contributed by atoms with van der Waals surface area (Å²) in [5.74, 6) is 1.76. The number of hydrogen-bond donors (Lipinski definition) is 2. The van der Waals surface area contributed by atoms with E-state index in [9.17, 15) is 0 Å². The molecule has 2 atom stereocenters. The molecule has 1 aromatic carbocycles. The van der Waals surface area contributed by atoms with Crippen LogP contribution in [-0.2, 0) is 13.0 Å². The van der Waals surface area contributed by atoms with Crippen molar-refractivity contribution in [2.24, 2.45) is 5.92 Å². The second-order valence-corrected chi connectivity index (χ2v) is 8.30. The fourth-order valence-electron chi connectivity index (χ4n) is 4.93. The smallest absolute Gasteiger partial charge is 0.121 e. The normalized spacial score (nSPS) is 21.7. The number of aromatic nitrogens is 3. The van der Waals surface area contributed by atoms with Gasteiger partial charge < -0.3 is 10.3 Å². The summed E-state index contributed by atoms with van der Waals surface area (Å²) in [6.07, 6.45) is 8.13. The van der Waals surface area contributed by atoms with Crippen molar-refractivity contribution in [1.82, 2.24) is 25.2 Å². The standard InChI is InChI=1S/C23H29N5.BrH/c1-2-10-20-19(9-1)26-22(27-20)16-28(15-17-6-4-12-24-14-17)21-11-3-7-18-8-5-13-25-23(18)21;/h1-2,5,8-10,13,17,21,24H,3-4,6-7,11-12,14-16H2,(H,26,27);1H. The number of nitrogens with zero attached hydrogens (tertiary/aromatic N) is 3. The van der Waals surface area contributed by atoms with E-state index in [1.54, 1.807) is 0 Å². The Morgan fingerprint density at radius 1 is 1.07 bits per heavy atom. The number of nitrogens with one attached hydrogen (secondary N) is 2. The molecule has 0 amide bonds. The predicted octanol–water partition coefficient (Wildman–Crippen LogP) is 4.42. The third kappa shape index (κ3) is 4.55. The van der Waals surface area contributed by atoms with Crippen molar-refractivity contribution < 1.29 is 0 Å². The molecule has 6 heteroatoms. The van der Waals surface area contributed by atoms with E-state index in [1.165, 1.54) is 36.9 Å². The van der Waals surface area contributed by atoms with Crippen LogP contribution >= 0.6 is 17.0 Å². The van der Waals surface area contributed by atoms with E-state index < -0.39 is 0 Å². The number of benzene rings is 1. The van der Waals surface area contributed by atoms with Gasteiger partial charge in [0.25, 0.3) is 0 Å². The van der Waals surface area contributed by atoms with E-state index in [-0.39, 0.29) is 17.0 Å². The van der Waals surface area contributed by atoms with Crippen LogP contribution < -0.4 is 5.32 Å². The van der Waals surface area contributed by atoms with Gasteiger partial charge in [-0.3, -0.25) is 9.88 Å². The Hall–Kier alpha value is -1.76. The van der Waals surface area contributed by atoms with Gasteiger partial charge in [-0.1, -0.05) is 18.2 Å². The van der Waals surface area contributed by atoms with E-state index in [4.69, 9.17) is 9.97 Å². The number of halogens is 1. The Labute approximate surface area is 183 Å². The Morgan fingerprint density at radius 2 is 2.00 bits per heavy atom. The zero-order valence-electron chi connectivity index (χ0n) is 16.8. The van der Waals surface area contributed by atoms with E-state index in [2.05, 4.69) is 51.6 Å². The first-order chi connectivity index (χ1) is 13.9. The molecule has 2 aliphatic rings.